The number of rotatable bonds is 2. The van der Waals surface area contributed by atoms with Crippen LogP contribution in [0.15, 0.2) is 0 Å². The third kappa shape index (κ3) is 2.61. The Labute approximate surface area is 85.3 Å². The van der Waals surface area contributed by atoms with Crippen LogP contribution in [-0.4, -0.2) is 42.8 Å². The Morgan fingerprint density at radius 2 is 2.29 bits per heavy atom. The molecule has 4 heteroatoms. The molecule has 1 amide bonds. The number of nitrogens with zero attached hydrogens (tertiary/aromatic N) is 1. The Morgan fingerprint density at radius 3 is 2.79 bits per heavy atom. The molecule has 1 heterocycles. The van der Waals surface area contributed by atoms with Gasteiger partial charge in [-0.25, -0.2) is 4.79 Å². The van der Waals surface area contributed by atoms with E-state index in [0.29, 0.717) is 12.5 Å². The lowest BCUT2D eigenvalue weighted by Crippen LogP contribution is -2.47. The molecule has 1 saturated heterocycles. The van der Waals surface area contributed by atoms with Crippen molar-refractivity contribution in [2.75, 3.05) is 26.7 Å². The van der Waals surface area contributed by atoms with E-state index in [2.05, 4.69) is 19.2 Å². The summed E-state index contributed by atoms with van der Waals surface area (Å²) in [7, 11) is 1.64. The molecule has 2 N–H and O–H groups in total. The fourth-order valence-electron chi connectivity index (χ4n) is 1.97. The van der Waals surface area contributed by atoms with Gasteiger partial charge in [0.1, 0.15) is 0 Å². The molecule has 1 unspecified atom stereocenters. The Hall–Kier alpha value is -0.770. The predicted octanol–water partition coefficient (Wildman–Crippen LogP) is 1.23. The van der Waals surface area contributed by atoms with Crippen LogP contribution in [-0.2, 0) is 0 Å². The van der Waals surface area contributed by atoms with Gasteiger partial charge in [-0.2, -0.15) is 0 Å². The van der Waals surface area contributed by atoms with Gasteiger partial charge in [0, 0.05) is 20.1 Å². The van der Waals surface area contributed by atoms with Crippen LogP contribution in [0, 0.1) is 11.3 Å². The summed E-state index contributed by atoms with van der Waals surface area (Å²) < 4.78 is 0. The van der Waals surface area contributed by atoms with Crippen molar-refractivity contribution in [3.8, 4) is 0 Å². The smallest absolute Gasteiger partial charge is 0.407 e. The lowest BCUT2D eigenvalue weighted by molar-refractivity contribution is 0.101. The molecule has 1 atom stereocenters. The highest BCUT2D eigenvalue weighted by atomic mass is 16.4. The van der Waals surface area contributed by atoms with E-state index in [9.17, 15) is 4.79 Å². The second-order valence-corrected chi connectivity index (χ2v) is 4.81. The summed E-state index contributed by atoms with van der Waals surface area (Å²) in [6.45, 7) is 7.01. The van der Waals surface area contributed by atoms with Crippen molar-refractivity contribution in [1.29, 1.82) is 0 Å². The standard InChI is InChI=1S/C10H20N2O2/c1-10(2)7-11-5-4-8(10)6-12(3)9(13)14/h8,11H,4-7H2,1-3H3,(H,13,14). The van der Waals surface area contributed by atoms with Gasteiger partial charge in [0.15, 0.2) is 0 Å². The van der Waals surface area contributed by atoms with Crippen LogP contribution >= 0.6 is 0 Å². The first-order valence-corrected chi connectivity index (χ1v) is 5.08. The summed E-state index contributed by atoms with van der Waals surface area (Å²) in [5.41, 5.74) is 0.196. The third-order valence-corrected chi connectivity index (χ3v) is 3.18. The maximum atomic E-state index is 10.7. The van der Waals surface area contributed by atoms with E-state index >= 15 is 0 Å². The topological polar surface area (TPSA) is 52.6 Å². The summed E-state index contributed by atoms with van der Waals surface area (Å²) >= 11 is 0. The molecule has 0 aromatic heterocycles. The van der Waals surface area contributed by atoms with Gasteiger partial charge >= 0.3 is 6.09 Å². The second-order valence-electron chi connectivity index (χ2n) is 4.81. The molecule has 82 valence electrons. The largest absolute Gasteiger partial charge is 0.465 e. The minimum Gasteiger partial charge on any atom is -0.465 e. The molecule has 4 nitrogen and oxygen atoms in total. The molecule has 0 aliphatic carbocycles. The van der Waals surface area contributed by atoms with Gasteiger partial charge in [-0.3, -0.25) is 0 Å². The lowest BCUT2D eigenvalue weighted by Gasteiger charge is -2.40. The highest BCUT2D eigenvalue weighted by Gasteiger charge is 2.33. The summed E-state index contributed by atoms with van der Waals surface area (Å²) in [6.07, 6.45) is 0.226. The van der Waals surface area contributed by atoms with E-state index in [1.807, 2.05) is 0 Å². The van der Waals surface area contributed by atoms with Gasteiger partial charge in [0.2, 0.25) is 0 Å². The van der Waals surface area contributed by atoms with E-state index in [1.54, 1.807) is 7.05 Å². The van der Waals surface area contributed by atoms with Gasteiger partial charge in [0.05, 0.1) is 0 Å². The van der Waals surface area contributed by atoms with Gasteiger partial charge < -0.3 is 15.3 Å². The van der Waals surface area contributed by atoms with E-state index in [-0.39, 0.29) is 5.41 Å². The van der Waals surface area contributed by atoms with Crippen LogP contribution in [0.4, 0.5) is 4.79 Å². The highest BCUT2D eigenvalue weighted by molar-refractivity contribution is 5.64. The quantitative estimate of drug-likeness (QED) is 0.705. The first-order chi connectivity index (χ1) is 6.43. The minimum atomic E-state index is -0.834. The van der Waals surface area contributed by atoms with Gasteiger partial charge in [-0.1, -0.05) is 13.8 Å². The summed E-state index contributed by atoms with van der Waals surface area (Å²) in [5.74, 6) is 0.463. The molecule has 1 aliphatic rings. The molecule has 0 radical (unpaired) electrons. The van der Waals surface area contributed by atoms with Gasteiger partial charge in [-0.15, -0.1) is 0 Å². The van der Waals surface area contributed by atoms with E-state index in [1.165, 1.54) is 4.90 Å². The highest BCUT2D eigenvalue weighted by Crippen LogP contribution is 2.31. The summed E-state index contributed by atoms with van der Waals surface area (Å²) in [6, 6.07) is 0. The molecule has 1 fully saturated rings. The fourth-order valence-corrected chi connectivity index (χ4v) is 1.97. The van der Waals surface area contributed by atoms with Crippen LogP contribution < -0.4 is 5.32 Å². The number of hydrogen-bond acceptors (Lipinski definition) is 2. The van der Waals surface area contributed by atoms with Crippen molar-refractivity contribution in [3.05, 3.63) is 0 Å². The minimum absolute atomic E-state index is 0.196. The third-order valence-electron chi connectivity index (χ3n) is 3.18. The lowest BCUT2D eigenvalue weighted by atomic mass is 9.74. The average Bonchev–Trinajstić information content (AvgIpc) is 2.08. The molecule has 1 rings (SSSR count). The van der Waals surface area contributed by atoms with Crippen molar-refractivity contribution in [2.45, 2.75) is 20.3 Å². The first kappa shape index (κ1) is 11.3. The zero-order valence-electron chi connectivity index (χ0n) is 9.21. The Balaban J connectivity index is 2.53. The van der Waals surface area contributed by atoms with Crippen molar-refractivity contribution in [3.63, 3.8) is 0 Å². The number of nitrogens with one attached hydrogen (secondary N) is 1. The first-order valence-electron chi connectivity index (χ1n) is 5.08. The number of hydrogen-bond donors (Lipinski definition) is 2. The number of carbonyl (C=O) groups is 1. The molecule has 0 bridgehead atoms. The van der Waals surface area contributed by atoms with Gasteiger partial charge in [-0.05, 0) is 24.3 Å². The van der Waals surface area contributed by atoms with Crippen LogP contribution in [0.5, 0.6) is 0 Å². The summed E-state index contributed by atoms with van der Waals surface area (Å²) in [5, 5.41) is 12.1. The SMILES string of the molecule is CN(CC1CCNCC1(C)C)C(=O)O. The van der Waals surface area contributed by atoms with Crippen molar-refractivity contribution >= 4 is 6.09 Å². The van der Waals surface area contributed by atoms with Crippen LogP contribution in [0.1, 0.15) is 20.3 Å². The molecule has 0 saturated carbocycles. The number of amides is 1. The van der Waals surface area contributed by atoms with E-state index in [4.69, 9.17) is 5.11 Å². The van der Waals surface area contributed by atoms with E-state index in [0.717, 1.165) is 19.5 Å². The molecular formula is C10H20N2O2. The van der Waals surface area contributed by atoms with E-state index < -0.39 is 6.09 Å². The van der Waals surface area contributed by atoms with Crippen molar-refractivity contribution < 1.29 is 9.90 Å². The predicted molar refractivity (Wildman–Crippen MR) is 55.4 cm³/mol. The average molecular weight is 200 g/mol. The molecule has 1 aliphatic heterocycles. The van der Waals surface area contributed by atoms with Crippen molar-refractivity contribution in [2.24, 2.45) is 11.3 Å². The molecule has 0 aromatic rings. The maximum absolute atomic E-state index is 10.7. The Morgan fingerprint density at radius 1 is 1.64 bits per heavy atom. The second kappa shape index (κ2) is 4.17. The molecule has 0 aromatic carbocycles. The summed E-state index contributed by atoms with van der Waals surface area (Å²) in [4.78, 5) is 12.1. The maximum Gasteiger partial charge on any atom is 0.407 e. The van der Waals surface area contributed by atoms with Crippen LogP contribution in [0.25, 0.3) is 0 Å². The van der Waals surface area contributed by atoms with Crippen molar-refractivity contribution in [1.82, 2.24) is 10.2 Å². The number of carboxylic acid groups (broad SMARTS) is 1. The molecule has 0 spiro atoms. The Kier molecular flexibility index (Phi) is 3.37. The molecular weight excluding hydrogens is 180 g/mol. The normalized spacial score (nSPS) is 25.8. The van der Waals surface area contributed by atoms with Gasteiger partial charge in [0.25, 0.3) is 0 Å². The van der Waals surface area contributed by atoms with Crippen LogP contribution in [0.2, 0.25) is 0 Å². The zero-order valence-corrected chi connectivity index (χ0v) is 9.21. The molecule has 14 heavy (non-hydrogen) atoms. The van der Waals surface area contributed by atoms with Crippen LogP contribution in [0.3, 0.4) is 0 Å². The Bertz CT molecular complexity index is 216. The monoisotopic (exact) mass is 200 g/mol. The fraction of sp³-hybridized carbons (Fsp3) is 0.900. The zero-order chi connectivity index (χ0) is 10.8. The number of piperidine rings is 1.